The molecule has 0 unspecified atom stereocenters. The fourth-order valence-corrected chi connectivity index (χ4v) is 1.41. The number of nitrogens with one attached hydrogen (secondary N) is 1. The lowest BCUT2D eigenvalue weighted by molar-refractivity contribution is 1.34. The molecule has 12 heavy (non-hydrogen) atoms. The summed E-state index contributed by atoms with van der Waals surface area (Å²) in [7, 11) is 0. The minimum atomic E-state index is 0. The van der Waals surface area contributed by atoms with Gasteiger partial charge in [-0.3, -0.25) is 0 Å². The van der Waals surface area contributed by atoms with E-state index in [2.05, 4.69) is 38.0 Å². The number of H-pyrrole nitrogens is 1. The lowest BCUT2D eigenvalue weighted by atomic mass is 10.2. The van der Waals surface area contributed by atoms with Gasteiger partial charge >= 0.3 is 0 Å². The molecule has 0 spiro atoms. The molecule has 2 aromatic rings. The van der Waals surface area contributed by atoms with Crippen LogP contribution < -0.4 is 0 Å². The highest BCUT2D eigenvalue weighted by molar-refractivity contribution is 9.08. The zero-order valence-electron chi connectivity index (χ0n) is 6.25. The summed E-state index contributed by atoms with van der Waals surface area (Å²) < 4.78 is 0. The number of rotatable bonds is 1. The van der Waals surface area contributed by atoms with Gasteiger partial charge in [-0.25, -0.2) is 4.98 Å². The van der Waals surface area contributed by atoms with E-state index in [1.165, 1.54) is 5.56 Å². The highest BCUT2D eigenvalue weighted by Crippen LogP contribution is 2.13. The molecule has 0 fully saturated rings. The summed E-state index contributed by atoms with van der Waals surface area (Å²) in [6, 6.07) is 6.18. The summed E-state index contributed by atoms with van der Waals surface area (Å²) in [5, 5.41) is 0.891. The number of aromatic nitrogens is 2. The van der Waals surface area contributed by atoms with E-state index in [0.717, 1.165) is 16.4 Å². The molecule has 1 aromatic carbocycles. The number of benzene rings is 1. The zero-order valence-corrected chi connectivity index (χ0v) is 9.55. The minimum Gasteiger partial charge on any atom is -0.345 e. The van der Waals surface area contributed by atoms with Crippen LogP contribution in [0.3, 0.4) is 0 Å². The van der Waals surface area contributed by atoms with Gasteiger partial charge in [-0.2, -0.15) is 0 Å². The quantitative estimate of drug-likeness (QED) is 0.804. The predicted molar refractivity (Wildman–Crippen MR) is 59.0 cm³/mol. The Balaban J connectivity index is 0.000000720. The Morgan fingerprint density at radius 1 is 1.42 bits per heavy atom. The zero-order chi connectivity index (χ0) is 7.68. The fourth-order valence-electron chi connectivity index (χ4n) is 1.07. The number of fused-ring (bicyclic) bond motifs is 1. The largest absolute Gasteiger partial charge is 0.345 e. The molecule has 1 aromatic heterocycles. The first kappa shape index (κ1) is 9.74. The van der Waals surface area contributed by atoms with Crippen LogP contribution in [0, 0.1) is 0 Å². The molecule has 2 nitrogen and oxygen atoms in total. The molecular formula is C8H8Br2N2. The normalized spacial score (nSPS) is 9.75. The summed E-state index contributed by atoms with van der Waals surface area (Å²) >= 11 is 3.40. The summed E-state index contributed by atoms with van der Waals surface area (Å²) in [6.45, 7) is 0. The van der Waals surface area contributed by atoms with E-state index in [1.54, 1.807) is 6.33 Å². The van der Waals surface area contributed by atoms with E-state index < -0.39 is 0 Å². The van der Waals surface area contributed by atoms with Crippen LogP contribution in [0.1, 0.15) is 5.56 Å². The number of nitrogens with zero attached hydrogens (tertiary/aromatic N) is 1. The third-order valence-corrected chi connectivity index (χ3v) is 2.29. The molecule has 0 aliphatic rings. The van der Waals surface area contributed by atoms with Crippen molar-refractivity contribution in [2.75, 3.05) is 0 Å². The van der Waals surface area contributed by atoms with Gasteiger partial charge in [0.1, 0.15) is 0 Å². The first-order chi connectivity index (χ1) is 5.40. The second-order valence-corrected chi connectivity index (χ2v) is 2.95. The van der Waals surface area contributed by atoms with Crippen molar-refractivity contribution < 1.29 is 0 Å². The van der Waals surface area contributed by atoms with Gasteiger partial charge < -0.3 is 4.98 Å². The van der Waals surface area contributed by atoms with Gasteiger partial charge in [0.2, 0.25) is 0 Å². The van der Waals surface area contributed by atoms with Crippen LogP contribution in [-0.4, -0.2) is 9.97 Å². The van der Waals surface area contributed by atoms with Gasteiger partial charge in [0.25, 0.3) is 0 Å². The first-order valence-corrected chi connectivity index (χ1v) is 4.50. The average Bonchev–Trinajstić information content (AvgIpc) is 2.50. The second-order valence-electron chi connectivity index (χ2n) is 2.39. The number of aromatic amines is 1. The highest BCUT2D eigenvalue weighted by atomic mass is 79.9. The lowest BCUT2D eigenvalue weighted by Gasteiger charge is -1.92. The molecule has 64 valence electrons. The highest BCUT2D eigenvalue weighted by Gasteiger charge is 1.95. The van der Waals surface area contributed by atoms with Gasteiger partial charge in [-0.05, 0) is 17.7 Å². The standard InChI is InChI=1S/C8H7BrN2.BrH/c9-4-6-1-2-7-8(3-6)11-5-10-7;/h1-3,5H,4H2,(H,10,11);1H. The van der Waals surface area contributed by atoms with E-state index >= 15 is 0 Å². The van der Waals surface area contributed by atoms with Crippen LogP contribution in [0.2, 0.25) is 0 Å². The van der Waals surface area contributed by atoms with Crippen molar-refractivity contribution in [1.29, 1.82) is 0 Å². The van der Waals surface area contributed by atoms with Crippen molar-refractivity contribution in [3.63, 3.8) is 0 Å². The van der Waals surface area contributed by atoms with E-state index in [-0.39, 0.29) is 17.0 Å². The molecule has 2 rings (SSSR count). The van der Waals surface area contributed by atoms with Gasteiger partial charge in [0.15, 0.2) is 0 Å². The van der Waals surface area contributed by atoms with Crippen molar-refractivity contribution in [1.82, 2.24) is 9.97 Å². The predicted octanol–water partition coefficient (Wildman–Crippen LogP) is 3.04. The number of hydrogen-bond acceptors (Lipinski definition) is 1. The summed E-state index contributed by atoms with van der Waals surface area (Å²) in [5.74, 6) is 0. The Morgan fingerprint density at radius 3 is 3.00 bits per heavy atom. The molecule has 0 amide bonds. The van der Waals surface area contributed by atoms with E-state index in [4.69, 9.17) is 0 Å². The van der Waals surface area contributed by atoms with Crippen molar-refractivity contribution >= 4 is 43.9 Å². The Labute approximate surface area is 89.3 Å². The smallest absolute Gasteiger partial charge is 0.0931 e. The Hall–Kier alpha value is -0.350. The van der Waals surface area contributed by atoms with Crippen molar-refractivity contribution in [2.24, 2.45) is 0 Å². The van der Waals surface area contributed by atoms with Gasteiger partial charge in [-0.15, -0.1) is 17.0 Å². The van der Waals surface area contributed by atoms with E-state index in [9.17, 15) is 0 Å². The molecule has 1 heterocycles. The third-order valence-electron chi connectivity index (χ3n) is 1.64. The maximum absolute atomic E-state index is 4.12. The molecule has 0 aliphatic carbocycles. The maximum Gasteiger partial charge on any atom is 0.0931 e. The molecule has 0 atom stereocenters. The number of imidazole rings is 1. The minimum absolute atomic E-state index is 0. The van der Waals surface area contributed by atoms with Gasteiger partial charge in [0.05, 0.1) is 17.4 Å². The third kappa shape index (κ3) is 1.69. The molecule has 0 saturated carbocycles. The van der Waals surface area contributed by atoms with Crippen LogP contribution >= 0.6 is 32.9 Å². The lowest BCUT2D eigenvalue weighted by Crippen LogP contribution is -1.76. The first-order valence-electron chi connectivity index (χ1n) is 3.38. The van der Waals surface area contributed by atoms with E-state index in [1.807, 2.05) is 6.07 Å². The van der Waals surface area contributed by atoms with Crippen molar-refractivity contribution in [3.8, 4) is 0 Å². The van der Waals surface area contributed by atoms with Crippen LogP contribution in [0.15, 0.2) is 24.5 Å². The molecule has 1 N–H and O–H groups in total. The molecule has 0 radical (unpaired) electrons. The summed E-state index contributed by atoms with van der Waals surface area (Å²) in [5.41, 5.74) is 3.39. The number of hydrogen-bond donors (Lipinski definition) is 1. The molecule has 4 heteroatoms. The van der Waals surface area contributed by atoms with Gasteiger partial charge in [-0.1, -0.05) is 22.0 Å². The van der Waals surface area contributed by atoms with Crippen LogP contribution in [0.4, 0.5) is 0 Å². The van der Waals surface area contributed by atoms with Crippen LogP contribution in [-0.2, 0) is 5.33 Å². The topological polar surface area (TPSA) is 28.7 Å². The maximum atomic E-state index is 4.12. The Morgan fingerprint density at radius 2 is 2.25 bits per heavy atom. The number of halogens is 2. The second kappa shape index (κ2) is 4.05. The van der Waals surface area contributed by atoms with Crippen molar-refractivity contribution in [3.05, 3.63) is 30.1 Å². The molecular weight excluding hydrogens is 284 g/mol. The molecule has 0 aliphatic heterocycles. The van der Waals surface area contributed by atoms with E-state index in [0.29, 0.717) is 0 Å². The molecule has 0 saturated heterocycles. The number of alkyl halides is 1. The fraction of sp³-hybridized carbons (Fsp3) is 0.125. The van der Waals surface area contributed by atoms with Gasteiger partial charge in [0, 0.05) is 5.33 Å². The van der Waals surface area contributed by atoms with Crippen LogP contribution in [0.25, 0.3) is 11.0 Å². The monoisotopic (exact) mass is 290 g/mol. The van der Waals surface area contributed by atoms with Crippen LogP contribution in [0.5, 0.6) is 0 Å². The summed E-state index contributed by atoms with van der Waals surface area (Å²) in [6.07, 6.45) is 1.71. The molecule has 0 bridgehead atoms. The average molecular weight is 292 g/mol. The Bertz CT molecular complexity index is 370. The Kier molecular flexibility index (Phi) is 3.29. The SMILES string of the molecule is Br.BrCc1ccc2nc[nH]c2c1. The van der Waals surface area contributed by atoms with Crippen molar-refractivity contribution in [2.45, 2.75) is 5.33 Å². The summed E-state index contributed by atoms with van der Waals surface area (Å²) in [4.78, 5) is 7.19.